The van der Waals surface area contributed by atoms with Crippen molar-refractivity contribution in [1.29, 1.82) is 0 Å². The molecule has 0 aliphatic carbocycles. The summed E-state index contributed by atoms with van der Waals surface area (Å²) in [5.74, 6) is 2.32. The van der Waals surface area contributed by atoms with E-state index in [4.69, 9.17) is 11.2 Å². The molecule has 13 heavy (non-hydrogen) atoms. The van der Waals surface area contributed by atoms with Gasteiger partial charge in [-0.15, -0.1) is 6.42 Å². The van der Waals surface area contributed by atoms with E-state index < -0.39 is 6.10 Å². The van der Waals surface area contributed by atoms with E-state index in [0.717, 1.165) is 11.8 Å². The lowest BCUT2D eigenvalue weighted by Gasteiger charge is -2.08. The van der Waals surface area contributed by atoms with Gasteiger partial charge in [0.05, 0.1) is 0 Å². The van der Waals surface area contributed by atoms with E-state index in [-0.39, 0.29) is 6.61 Å². The number of carbonyl (C=O) groups is 1. The van der Waals surface area contributed by atoms with Gasteiger partial charge in [-0.3, -0.25) is 0 Å². The van der Waals surface area contributed by atoms with Crippen molar-refractivity contribution in [3.05, 3.63) is 35.9 Å². The van der Waals surface area contributed by atoms with Gasteiger partial charge in [0.1, 0.15) is 12.7 Å². The minimum absolute atomic E-state index is 0.151. The summed E-state index contributed by atoms with van der Waals surface area (Å²) in [6, 6.07) is 9.24. The van der Waals surface area contributed by atoms with E-state index in [1.54, 1.807) is 0 Å². The van der Waals surface area contributed by atoms with E-state index in [9.17, 15) is 4.79 Å². The van der Waals surface area contributed by atoms with Crippen molar-refractivity contribution in [1.82, 2.24) is 0 Å². The van der Waals surface area contributed by atoms with Crippen molar-refractivity contribution in [2.75, 3.05) is 6.61 Å². The Labute approximate surface area is 77.5 Å². The van der Waals surface area contributed by atoms with Crippen LogP contribution in [-0.2, 0) is 9.53 Å². The fourth-order valence-corrected chi connectivity index (χ4v) is 0.995. The lowest BCUT2D eigenvalue weighted by molar-refractivity contribution is -0.117. The van der Waals surface area contributed by atoms with Crippen molar-refractivity contribution < 1.29 is 9.53 Å². The first-order valence-electron chi connectivity index (χ1n) is 3.94. The van der Waals surface area contributed by atoms with Crippen LogP contribution in [0.1, 0.15) is 11.7 Å². The van der Waals surface area contributed by atoms with Gasteiger partial charge in [-0.25, -0.2) is 0 Å². The molecule has 0 spiro atoms. The molecule has 0 bridgehead atoms. The normalized spacial score (nSPS) is 11.6. The molecule has 0 heterocycles. The monoisotopic (exact) mass is 174 g/mol. The minimum atomic E-state index is -0.544. The van der Waals surface area contributed by atoms with Gasteiger partial charge in [0.25, 0.3) is 0 Å². The van der Waals surface area contributed by atoms with Crippen LogP contribution in [0, 0.1) is 12.3 Å². The van der Waals surface area contributed by atoms with Gasteiger partial charge in [-0.05, 0) is 5.56 Å². The third-order valence-corrected chi connectivity index (χ3v) is 1.60. The van der Waals surface area contributed by atoms with Crippen LogP contribution in [0.15, 0.2) is 30.3 Å². The molecule has 0 saturated carbocycles. The van der Waals surface area contributed by atoms with E-state index in [2.05, 4.69) is 5.92 Å². The molecule has 1 rings (SSSR count). The summed E-state index contributed by atoms with van der Waals surface area (Å²) < 4.78 is 5.12. The van der Waals surface area contributed by atoms with Crippen LogP contribution in [0.3, 0.4) is 0 Å². The zero-order valence-corrected chi connectivity index (χ0v) is 7.14. The van der Waals surface area contributed by atoms with Gasteiger partial charge in [-0.2, -0.15) is 0 Å². The molecule has 1 aromatic rings. The minimum Gasteiger partial charge on any atom is -0.353 e. The maximum atomic E-state index is 10.6. The zero-order valence-electron chi connectivity index (χ0n) is 7.14. The largest absolute Gasteiger partial charge is 0.353 e. The number of carbonyl (C=O) groups excluding carboxylic acids is 1. The molecule has 0 aliphatic heterocycles. The second-order valence-electron chi connectivity index (χ2n) is 2.48. The SMILES string of the molecule is C#CCOC(C=O)c1ccccc1. The second-order valence-corrected chi connectivity index (χ2v) is 2.48. The first kappa shape index (κ1) is 9.50. The third-order valence-electron chi connectivity index (χ3n) is 1.60. The van der Waals surface area contributed by atoms with E-state index in [1.165, 1.54) is 0 Å². The molecule has 0 radical (unpaired) electrons. The molecule has 0 aliphatic rings. The second kappa shape index (κ2) is 5.13. The highest BCUT2D eigenvalue weighted by Gasteiger charge is 2.08. The molecule has 0 aromatic heterocycles. The van der Waals surface area contributed by atoms with Crippen molar-refractivity contribution in [3.8, 4) is 12.3 Å². The standard InChI is InChI=1S/C11H10O2/c1-2-8-13-11(9-12)10-6-4-3-5-7-10/h1,3-7,9,11H,8H2. The van der Waals surface area contributed by atoms with Crippen LogP contribution < -0.4 is 0 Å². The zero-order chi connectivity index (χ0) is 9.52. The molecule has 2 heteroatoms. The molecule has 0 amide bonds. The van der Waals surface area contributed by atoms with Crippen molar-refractivity contribution in [2.24, 2.45) is 0 Å². The fraction of sp³-hybridized carbons (Fsp3) is 0.182. The van der Waals surface area contributed by atoms with Crippen LogP contribution in [0.2, 0.25) is 0 Å². The molecule has 0 saturated heterocycles. The summed E-state index contributed by atoms with van der Waals surface area (Å²) in [5.41, 5.74) is 0.827. The number of hydrogen-bond donors (Lipinski definition) is 0. The predicted molar refractivity (Wildman–Crippen MR) is 50.0 cm³/mol. The maximum absolute atomic E-state index is 10.6. The van der Waals surface area contributed by atoms with Gasteiger partial charge in [0.2, 0.25) is 0 Å². The molecule has 1 atom stereocenters. The maximum Gasteiger partial charge on any atom is 0.153 e. The van der Waals surface area contributed by atoms with E-state index in [0.29, 0.717) is 0 Å². The Hall–Kier alpha value is -1.59. The summed E-state index contributed by atoms with van der Waals surface area (Å²) in [4.78, 5) is 10.6. The Morgan fingerprint density at radius 2 is 2.15 bits per heavy atom. The highest BCUT2D eigenvalue weighted by Crippen LogP contribution is 2.13. The number of terminal acetylenes is 1. The Kier molecular flexibility index (Phi) is 3.74. The first-order chi connectivity index (χ1) is 6.38. The molecular formula is C11H10O2. The third kappa shape index (κ3) is 2.73. The quantitative estimate of drug-likeness (QED) is 0.511. The number of rotatable bonds is 4. The summed E-state index contributed by atoms with van der Waals surface area (Å²) in [5, 5.41) is 0. The highest BCUT2D eigenvalue weighted by atomic mass is 16.5. The molecule has 1 unspecified atom stereocenters. The van der Waals surface area contributed by atoms with Gasteiger partial charge >= 0.3 is 0 Å². The Balaban J connectivity index is 2.68. The van der Waals surface area contributed by atoms with Crippen LogP contribution >= 0.6 is 0 Å². The average molecular weight is 174 g/mol. The molecular weight excluding hydrogens is 164 g/mol. The lowest BCUT2D eigenvalue weighted by atomic mass is 10.1. The highest BCUT2D eigenvalue weighted by molar-refractivity contribution is 5.59. The number of hydrogen-bond acceptors (Lipinski definition) is 2. The molecule has 2 nitrogen and oxygen atoms in total. The molecule has 0 N–H and O–H groups in total. The predicted octanol–water partition coefficient (Wildman–Crippen LogP) is 1.58. The topological polar surface area (TPSA) is 26.3 Å². The fourth-order valence-electron chi connectivity index (χ4n) is 0.995. The number of benzene rings is 1. The lowest BCUT2D eigenvalue weighted by Crippen LogP contribution is -2.05. The van der Waals surface area contributed by atoms with Crippen molar-refractivity contribution >= 4 is 6.29 Å². The van der Waals surface area contributed by atoms with E-state index in [1.807, 2.05) is 30.3 Å². The van der Waals surface area contributed by atoms with Crippen molar-refractivity contribution in [2.45, 2.75) is 6.10 Å². The van der Waals surface area contributed by atoms with Crippen LogP contribution in [0.25, 0.3) is 0 Å². The van der Waals surface area contributed by atoms with Gasteiger partial charge in [0, 0.05) is 0 Å². The summed E-state index contributed by atoms with van der Waals surface area (Å²) in [7, 11) is 0. The first-order valence-corrected chi connectivity index (χ1v) is 3.94. The van der Waals surface area contributed by atoms with Crippen LogP contribution in [0.4, 0.5) is 0 Å². The Morgan fingerprint density at radius 1 is 1.46 bits per heavy atom. The number of ether oxygens (including phenoxy) is 1. The Bertz CT molecular complexity index is 298. The Morgan fingerprint density at radius 3 is 2.69 bits per heavy atom. The summed E-state index contributed by atoms with van der Waals surface area (Å²) >= 11 is 0. The number of aldehydes is 1. The van der Waals surface area contributed by atoms with Crippen LogP contribution in [-0.4, -0.2) is 12.9 Å². The smallest absolute Gasteiger partial charge is 0.153 e. The molecule has 1 aromatic carbocycles. The summed E-state index contributed by atoms with van der Waals surface area (Å²) in [6.45, 7) is 0.151. The van der Waals surface area contributed by atoms with Crippen molar-refractivity contribution in [3.63, 3.8) is 0 Å². The average Bonchev–Trinajstić information content (AvgIpc) is 2.21. The van der Waals surface area contributed by atoms with Crippen LogP contribution in [0.5, 0.6) is 0 Å². The van der Waals surface area contributed by atoms with Gasteiger partial charge < -0.3 is 9.53 Å². The molecule has 66 valence electrons. The summed E-state index contributed by atoms with van der Waals surface area (Å²) in [6.07, 6.45) is 5.22. The van der Waals surface area contributed by atoms with E-state index >= 15 is 0 Å². The molecule has 0 fully saturated rings. The van der Waals surface area contributed by atoms with Gasteiger partial charge in [0.15, 0.2) is 6.29 Å². The van der Waals surface area contributed by atoms with Gasteiger partial charge in [-0.1, -0.05) is 36.3 Å².